The molecule has 0 nitrogen and oxygen atoms in total. The molecule has 0 aromatic rings. The molecule has 0 unspecified atom stereocenters. The topological polar surface area (TPSA) is 0 Å². The maximum atomic E-state index is 0. The molecule has 0 spiro atoms. The van der Waals surface area contributed by atoms with E-state index in [1.54, 1.807) is 0 Å². The fraction of sp³-hybridized carbons (Fsp3) is 0. The van der Waals surface area contributed by atoms with Crippen LogP contribution >= 0.6 is 0 Å². The molecular formula is Br6MgTi. The summed E-state index contributed by atoms with van der Waals surface area (Å²) in [5.74, 6) is 0. The third kappa shape index (κ3) is 47.7. The predicted molar refractivity (Wildman–Crippen MR) is 5.75 cm³/mol. The molecule has 0 aliphatic rings. The minimum absolute atomic E-state index is 0. The quantitative estimate of drug-likeness (QED) is 0.263. The van der Waals surface area contributed by atoms with E-state index in [1.807, 2.05) is 0 Å². The minimum Gasteiger partial charge on any atom is -1.00 e. The van der Waals surface area contributed by atoms with Crippen LogP contribution in [0.1, 0.15) is 0 Å². The van der Waals surface area contributed by atoms with E-state index in [4.69, 9.17) is 0 Å². The fourth-order valence-corrected chi connectivity index (χ4v) is 0. The Bertz CT molecular complexity index is 8.49. The molecule has 0 rings (SSSR count). The molecule has 8 heteroatoms. The molecule has 0 aliphatic heterocycles. The number of hydrogen-bond acceptors (Lipinski definition) is 0. The normalized spacial score (nSPS) is 0. The van der Waals surface area contributed by atoms with Crippen molar-refractivity contribution in [3.05, 3.63) is 0 Å². The summed E-state index contributed by atoms with van der Waals surface area (Å²) >= 11 is 0. The Morgan fingerprint density at radius 2 is 0.375 bits per heavy atom. The molecule has 0 N–H and O–H groups in total. The number of rotatable bonds is 0. The predicted octanol–water partition coefficient (Wildman–Crippen LogP) is -18.4. The molecule has 0 saturated carbocycles. The van der Waals surface area contributed by atoms with Gasteiger partial charge in [0, 0.05) is 0 Å². The summed E-state index contributed by atoms with van der Waals surface area (Å²) in [7, 11) is 0. The van der Waals surface area contributed by atoms with E-state index in [0.717, 1.165) is 0 Å². The van der Waals surface area contributed by atoms with Gasteiger partial charge >= 0.3 is 44.8 Å². The van der Waals surface area contributed by atoms with Crippen LogP contribution < -0.4 is 102 Å². The first kappa shape index (κ1) is 83.9. The average Bonchev–Trinajstić information content (AvgIpc) is 0. The van der Waals surface area contributed by atoms with E-state index in [2.05, 4.69) is 0 Å². The molecule has 0 saturated heterocycles. The summed E-state index contributed by atoms with van der Waals surface area (Å²) in [6.07, 6.45) is 0. The zero-order chi connectivity index (χ0) is 0. The average molecular weight is 552 g/mol. The van der Waals surface area contributed by atoms with E-state index in [0.29, 0.717) is 0 Å². The Balaban J connectivity index is 0. The van der Waals surface area contributed by atoms with Gasteiger partial charge in [-0.1, -0.05) is 0 Å². The smallest absolute Gasteiger partial charge is 1.00 e. The maximum absolute atomic E-state index is 0. The van der Waals surface area contributed by atoms with Crippen molar-refractivity contribution in [2.24, 2.45) is 0 Å². The molecular weight excluding hydrogens is 552 g/mol. The maximum Gasteiger partial charge on any atom is 4.00 e. The zero-order valence-corrected chi connectivity index (χ0v) is 16.0. The molecule has 0 aromatic carbocycles. The first-order chi connectivity index (χ1) is 0. The summed E-state index contributed by atoms with van der Waals surface area (Å²) in [4.78, 5) is 0. The zero-order valence-electron chi connectivity index (χ0n) is 3.47. The van der Waals surface area contributed by atoms with Crippen LogP contribution in [0.3, 0.4) is 0 Å². The van der Waals surface area contributed by atoms with Crippen LogP contribution in [0.2, 0.25) is 0 Å². The van der Waals surface area contributed by atoms with Crippen molar-refractivity contribution in [2.45, 2.75) is 0 Å². The third-order valence-corrected chi connectivity index (χ3v) is 0. The van der Waals surface area contributed by atoms with Crippen molar-refractivity contribution in [3.63, 3.8) is 0 Å². The number of hydrogen-bond donors (Lipinski definition) is 0. The third-order valence-electron chi connectivity index (χ3n) is 0. The van der Waals surface area contributed by atoms with Crippen LogP contribution in [0.25, 0.3) is 0 Å². The molecule has 0 aromatic heterocycles. The molecule has 0 radical (unpaired) electrons. The van der Waals surface area contributed by atoms with Gasteiger partial charge in [-0.15, -0.1) is 0 Å². The second-order valence-corrected chi connectivity index (χ2v) is 0. The summed E-state index contributed by atoms with van der Waals surface area (Å²) in [5.41, 5.74) is 0. The van der Waals surface area contributed by atoms with Crippen molar-refractivity contribution in [1.82, 2.24) is 0 Å². The Morgan fingerprint density at radius 1 is 0.375 bits per heavy atom. The summed E-state index contributed by atoms with van der Waals surface area (Å²) in [6, 6.07) is 0. The van der Waals surface area contributed by atoms with E-state index in [9.17, 15) is 0 Å². The van der Waals surface area contributed by atoms with Gasteiger partial charge in [0.2, 0.25) is 0 Å². The van der Waals surface area contributed by atoms with E-state index in [-0.39, 0.29) is 147 Å². The molecule has 48 valence electrons. The van der Waals surface area contributed by atoms with Crippen LogP contribution in [0.15, 0.2) is 0 Å². The van der Waals surface area contributed by atoms with Crippen LogP contribution in [0, 0.1) is 0 Å². The van der Waals surface area contributed by atoms with Crippen molar-refractivity contribution < 1.29 is 124 Å². The van der Waals surface area contributed by atoms with E-state index < -0.39 is 0 Å². The Hall–Kier alpha value is 4.36. The Kier molecular flexibility index (Phi) is 673. The summed E-state index contributed by atoms with van der Waals surface area (Å²) in [6.45, 7) is 0. The van der Waals surface area contributed by atoms with Crippen molar-refractivity contribution in [2.75, 3.05) is 0 Å². The molecule has 0 aliphatic carbocycles. The largest absolute Gasteiger partial charge is 4.00 e. The van der Waals surface area contributed by atoms with E-state index in [1.165, 1.54) is 0 Å². The molecule has 0 atom stereocenters. The molecule has 0 fully saturated rings. The standard InChI is InChI=1S/6BrH.Mg.Ti/h6*1H;;/q;;;;;;+2;+4/p-6. The fourth-order valence-electron chi connectivity index (χ4n) is 0. The van der Waals surface area contributed by atoms with Crippen molar-refractivity contribution >= 4 is 23.1 Å². The van der Waals surface area contributed by atoms with Crippen molar-refractivity contribution in [3.8, 4) is 0 Å². The van der Waals surface area contributed by atoms with Gasteiger partial charge in [-0.3, -0.25) is 0 Å². The van der Waals surface area contributed by atoms with Gasteiger partial charge in [-0.2, -0.15) is 0 Å². The second-order valence-electron chi connectivity index (χ2n) is 0. The van der Waals surface area contributed by atoms with Gasteiger partial charge in [0.1, 0.15) is 0 Å². The van der Waals surface area contributed by atoms with E-state index >= 15 is 0 Å². The van der Waals surface area contributed by atoms with Crippen LogP contribution in [0.4, 0.5) is 0 Å². The monoisotopic (exact) mass is 545 g/mol. The van der Waals surface area contributed by atoms with Gasteiger partial charge in [0.25, 0.3) is 0 Å². The SMILES string of the molecule is [Br-].[Br-].[Br-].[Br-].[Br-].[Br-].[Mg+2].[Ti+4]. The van der Waals surface area contributed by atoms with Crippen molar-refractivity contribution in [1.29, 1.82) is 0 Å². The van der Waals surface area contributed by atoms with Gasteiger partial charge in [0.15, 0.2) is 0 Å². The van der Waals surface area contributed by atoms with Crippen LogP contribution in [-0.2, 0) is 21.7 Å². The summed E-state index contributed by atoms with van der Waals surface area (Å²) in [5, 5.41) is 0. The molecule has 0 bridgehead atoms. The van der Waals surface area contributed by atoms with Gasteiger partial charge < -0.3 is 102 Å². The van der Waals surface area contributed by atoms with Gasteiger partial charge in [0.05, 0.1) is 0 Å². The van der Waals surface area contributed by atoms with Crippen LogP contribution in [0.5, 0.6) is 0 Å². The molecule has 8 heavy (non-hydrogen) atoms. The Morgan fingerprint density at radius 3 is 0.375 bits per heavy atom. The van der Waals surface area contributed by atoms with Crippen LogP contribution in [-0.4, -0.2) is 23.1 Å². The number of halogens is 6. The Labute approximate surface area is 144 Å². The first-order valence-corrected chi connectivity index (χ1v) is 0. The van der Waals surface area contributed by atoms with Gasteiger partial charge in [-0.05, 0) is 0 Å². The molecule has 0 heterocycles. The van der Waals surface area contributed by atoms with Gasteiger partial charge in [-0.25, -0.2) is 0 Å². The minimum atomic E-state index is 0. The summed E-state index contributed by atoms with van der Waals surface area (Å²) < 4.78 is 0. The molecule has 0 amide bonds. The first-order valence-electron chi connectivity index (χ1n) is 0. The second kappa shape index (κ2) is 64.1.